The number of anilines is 1. The fraction of sp³-hybridized carbons (Fsp3) is 0.103. The molecule has 3 nitrogen and oxygen atoms in total. The van der Waals surface area contributed by atoms with E-state index in [1.807, 2.05) is 93.0 Å². The standard InChI is InChI=1S/C29H26NO2P/c1-30(2)23-14-17-25(18-15-23)33(31)27-20-24(32-3)16-19-26(27)28(21-10-6-4-7-11-21)29(33)22-12-8-5-9-13-22/h4-20H,1-3H3. The summed E-state index contributed by atoms with van der Waals surface area (Å²) in [4.78, 5) is 2.05. The predicted molar refractivity (Wildman–Crippen MR) is 139 cm³/mol. The molecule has 0 amide bonds. The molecule has 0 spiro atoms. The second-order valence-corrected chi connectivity index (χ2v) is 11.0. The monoisotopic (exact) mass is 451 g/mol. The topological polar surface area (TPSA) is 29.5 Å². The van der Waals surface area contributed by atoms with E-state index >= 15 is 4.57 Å². The minimum absolute atomic E-state index is 0.709. The van der Waals surface area contributed by atoms with E-state index in [9.17, 15) is 0 Å². The number of benzene rings is 4. The average Bonchev–Trinajstić information content (AvgIpc) is 3.14. The Hall–Kier alpha value is -3.55. The van der Waals surface area contributed by atoms with Crippen molar-refractivity contribution in [2.75, 3.05) is 26.1 Å². The largest absolute Gasteiger partial charge is 0.497 e. The van der Waals surface area contributed by atoms with Crippen LogP contribution in [0.2, 0.25) is 0 Å². The van der Waals surface area contributed by atoms with Gasteiger partial charge in [0.15, 0.2) is 7.14 Å². The van der Waals surface area contributed by atoms with Gasteiger partial charge in [-0.05, 0) is 59.2 Å². The van der Waals surface area contributed by atoms with Gasteiger partial charge in [-0.15, -0.1) is 0 Å². The van der Waals surface area contributed by atoms with E-state index in [4.69, 9.17) is 4.74 Å². The van der Waals surface area contributed by atoms with Crippen LogP contribution < -0.4 is 20.2 Å². The number of ether oxygens (including phenoxy) is 1. The predicted octanol–water partition coefficient (Wildman–Crippen LogP) is 6.01. The quantitative estimate of drug-likeness (QED) is 0.348. The molecule has 4 aromatic rings. The lowest BCUT2D eigenvalue weighted by Gasteiger charge is -2.21. The molecule has 164 valence electrons. The smallest absolute Gasteiger partial charge is 0.172 e. The van der Waals surface area contributed by atoms with Crippen LogP contribution in [0.1, 0.15) is 16.7 Å². The molecule has 4 heteroatoms. The minimum Gasteiger partial charge on any atom is -0.497 e. The number of methoxy groups -OCH3 is 1. The number of rotatable bonds is 5. The van der Waals surface area contributed by atoms with Crippen LogP contribution in [-0.2, 0) is 4.57 Å². The summed E-state index contributed by atoms with van der Waals surface area (Å²) in [5, 5.41) is 2.54. The molecule has 1 heterocycles. The van der Waals surface area contributed by atoms with Crippen LogP contribution in [0.5, 0.6) is 5.75 Å². The second-order valence-electron chi connectivity index (χ2n) is 8.36. The van der Waals surface area contributed by atoms with Gasteiger partial charge in [0.1, 0.15) is 5.75 Å². The van der Waals surface area contributed by atoms with Crippen LogP contribution in [0.4, 0.5) is 5.69 Å². The third-order valence-corrected chi connectivity index (χ3v) is 9.39. The van der Waals surface area contributed by atoms with Crippen LogP contribution in [-0.4, -0.2) is 21.2 Å². The van der Waals surface area contributed by atoms with E-state index in [0.29, 0.717) is 5.75 Å². The first-order chi connectivity index (χ1) is 16.0. The molecule has 0 saturated carbocycles. The fourth-order valence-electron chi connectivity index (χ4n) is 4.56. The van der Waals surface area contributed by atoms with Gasteiger partial charge in [-0.2, -0.15) is 0 Å². The zero-order chi connectivity index (χ0) is 23.0. The summed E-state index contributed by atoms with van der Waals surface area (Å²) >= 11 is 0. The van der Waals surface area contributed by atoms with Gasteiger partial charge < -0.3 is 14.2 Å². The van der Waals surface area contributed by atoms with Crippen LogP contribution >= 0.6 is 7.14 Å². The molecule has 1 aliphatic rings. The summed E-state index contributed by atoms with van der Waals surface area (Å²) < 4.78 is 20.9. The highest BCUT2D eigenvalue weighted by Crippen LogP contribution is 2.65. The molecule has 1 unspecified atom stereocenters. The number of fused-ring (bicyclic) bond motifs is 1. The van der Waals surface area contributed by atoms with Gasteiger partial charge in [0, 0.05) is 41.3 Å². The van der Waals surface area contributed by atoms with E-state index in [0.717, 1.165) is 43.9 Å². The van der Waals surface area contributed by atoms with Crippen molar-refractivity contribution in [3.05, 3.63) is 120 Å². The fourth-order valence-corrected chi connectivity index (χ4v) is 7.82. The highest BCUT2D eigenvalue weighted by Gasteiger charge is 2.43. The number of hydrogen-bond donors (Lipinski definition) is 0. The molecule has 0 aromatic heterocycles. The molecule has 1 atom stereocenters. The van der Waals surface area contributed by atoms with Crippen molar-refractivity contribution in [2.24, 2.45) is 0 Å². The summed E-state index contributed by atoms with van der Waals surface area (Å²) in [5.41, 5.74) is 5.14. The zero-order valence-corrected chi connectivity index (χ0v) is 19.9. The summed E-state index contributed by atoms with van der Waals surface area (Å²) in [6.07, 6.45) is 0. The van der Waals surface area contributed by atoms with Crippen LogP contribution in [0.15, 0.2) is 103 Å². The van der Waals surface area contributed by atoms with Crippen molar-refractivity contribution in [2.45, 2.75) is 0 Å². The molecular weight excluding hydrogens is 425 g/mol. The molecule has 4 aromatic carbocycles. The number of hydrogen-bond acceptors (Lipinski definition) is 3. The van der Waals surface area contributed by atoms with Crippen molar-refractivity contribution in [1.82, 2.24) is 0 Å². The number of nitrogens with zero attached hydrogens (tertiary/aromatic N) is 1. The Balaban J connectivity index is 1.88. The maximum atomic E-state index is 15.4. The maximum absolute atomic E-state index is 15.4. The molecule has 1 aliphatic heterocycles. The summed E-state index contributed by atoms with van der Waals surface area (Å²) in [5.74, 6) is 0.709. The third-order valence-electron chi connectivity index (χ3n) is 6.20. The first-order valence-corrected chi connectivity index (χ1v) is 12.7. The van der Waals surface area contributed by atoms with Crippen molar-refractivity contribution in [1.29, 1.82) is 0 Å². The van der Waals surface area contributed by atoms with Gasteiger partial charge >= 0.3 is 0 Å². The molecule has 0 N–H and O–H groups in total. The molecule has 0 fully saturated rings. The molecule has 0 saturated heterocycles. The van der Waals surface area contributed by atoms with Crippen molar-refractivity contribution >= 4 is 34.3 Å². The highest BCUT2D eigenvalue weighted by atomic mass is 31.2. The first-order valence-electron chi connectivity index (χ1n) is 11.0. The normalized spacial score (nSPS) is 17.1. The van der Waals surface area contributed by atoms with Crippen LogP contribution in [0.25, 0.3) is 10.9 Å². The molecule has 0 radical (unpaired) electrons. The van der Waals surface area contributed by atoms with E-state index in [1.165, 1.54) is 0 Å². The summed E-state index contributed by atoms with van der Waals surface area (Å²) in [6.45, 7) is 0. The van der Waals surface area contributed by atoms with Crippen molar-refractivity contribution < 1.29 is 9.30 Å². The Bertz CT molecular complexity index is 1370. The van der Waals surface area contributed by atoms with Crippen molar-refractivity contribution in [3.63, 3.8) is 0 Å². The maximum Gasteiger partial charge on any atom is 0.172 e. The van der Waals surface area contributed by atoms with Crippen LogP contribution in [0, 0.1) is 0 Å². The van der Waals surface area contributed by atoms with E-state index in [-0.39, 0.29) is 0 Å². The molecule has 0 bridgehead atoms. The van der Waals surface area contributed by atoms with Gasteiger partial charge in [0.05, 0.1) is 7.11 Å². The summed E-state index contributed by atoms with van der Waals surface area (Å²) in [7, 11) is 2.49. The zero-order valence-electron chi connectivity index (χ0n) is 19.0. The third kappa shape index (κ3) is 3.50. The Morgan fingerprint density at radius 3 is 1.91 bits per heavy atom. The molecule has 5 rings (SSSR count). The van der Waals surface area contributed by atoms with Crippen LogP contribution in [0.3, 0.4) is 0 Å². The molecule has 0 aliphatic carbocycles. The highest BCUT2D eigenvalue weighted by molar-refractivity contribution is 7.88. The lowest BCUT2D eigenvalue weighted by molar-refractivity contribution is 0.415. The second kappa shape index (κ2) is 8.42. The van der Waals surface area contributed by atoms with Gasteiger partial charge in [0.2, 0.25) is 0 Å². The van der Waals surface area contributed by atoms with E-state index < -0.39 is 7.14 Å². The Morgan fingerprint density at radius 1 is 0.727 bits per heavy atom. The lowest BCUT2D eigenvalue weighted by Crippen LogP contribution is -2.17. The first kappa shape index (κ1) is 21.3. The van der Waals surface area contributed by atoms with E-state index in [2.05, 4.69) is 29.2 Å². The van der Waals surface area contributed by atoms with Crippen molar-refractivity contribution in [3.8, 4) is 5.75 Å². The SMILES string of the molecule is COc1ccc2c(c1)P(=O)(c1ccc(N(C)C)cc1)C(c1ccccc1)=C2c1ccccc1. The lowest BCUT2D eigenvalue weighted by atomic mass is 9.95. The molecular formula is C29H26NO2P. The Labute approximate surface area is 195 Å². The Kier molecular flexibility index (Phi) is 5.44. The van der Waals surface area contributed by atoms with E-state index in [1.54, 1.807) is 7.11 Å². The summed E-state index contributed by atoms with van der Waals surface area (Å²) in [6, 6.07) is 34.4. The minimum atomic E-state index is -3.18. The van der Waals surface area contributed by atoms with Gasteiger partial charge in [-0.25, -0.2) is 0 Å². The Morgan fingerprint density at radius 2 is 1.33 bits per heavy atom. The average molecular weight is 452 g/mol. The molecule has 33 heavy (non-hydrogen) atoms. The van der Waals surface area contributed by atoms with Gasteiger partial charge in [-0.1, -0.05) is 60.7 Å². The van der Waals surface area contributed by atoms with Gasteiger partial charge in [-0.3, -0.25) is 0 Å². The van der Waals surface area contributed by atoms with Gasteiger partial charge in [0.25, 0.3) is 0 Å².